The Morgan fingerprint density at radius 3 is 3.00 bits per heavy atom. The molecule has 2 rings (SSSR count). The number of fused-ring (bicyclic) bond motifs is 1. The first-order chi connectivity index (χ1) is 6.20. The van der Waals surface area contributed by atoms with Crippen molar-refractivity contribution in [1.29, 1.82) is 0 Å². The van der Waals surface area contributed by atoms with Gasteiger partial charge in [-0.05, 0) is 36.5 Å². The Bertz CT molecular complexity index is 338. The molecule has 1 unspecified atom stereocenters. The molecule has 0 spiro atoms. The minimum absolute atomic E-state index is 0.146. The maximum Gasteiger partial charge on any atom is 0.145 e. The van der Waals surface area contributed by atoms with Gasteiger partial charge in [-0.1, -0.05) is 17.7 Å². The van der Waals surface area contributed by atoms with Crippen LogP contribution in [0.4, 0.5) is 4.39 Å². The molecule has 0 amide bonds. The zero-order valence-electron chi connectivity index (χ0n) is 7.06. The molecule has 0 saturated carbocycles. The number of halogens is 2. The monoisotopic (exact) mass is 200 g/mol. The molecule has 1 N–H and O–H groups in total. The minimum atomic E-state index is -0.518. The largest absolute Gasteiger partial charge is 0.388 e. The summed E-state index contributed by atoms with van der Waals surface area (Å²) in [6.07, 6.45) is 1.70. The van der Waals surface area contributed by atoms with Crippen molar-refractivity contribution in [2.75, 3.05) is 0 Å². The Labute approximate surface area is 81.1 Å². The van der Waals surface area contributed by atoms with Gasteiger partial charge in [-0.3, -0.25) is 0 Å². The molecule has 0 radical (unpaired) electrons. The average Bonchev–Trinajstić information content (AvgIpc) is 2.12. The Hall–Kier alpha value is -0.600. The Morgan fingerprint density at radius 1 is 1.46 bits per heavy atom. The van der Waals surface area contributed by atoms with Gasteiger partial charge < -0.3 is 5.11 Å². The van der Waals surface area contributed by atoms with E-state index in [2.05, 4.69) is 0 Å². The van der Waals surface area contributed by atoms with Crippen molar-refractivity contribution >= 4 is 11.6 Å². The minimum Gasteiger partial charge on any atom is -0.388 e. The molecule has 0 bridgehead atoms. The van der Waals surface area contributed by atoms with E-state index in [1.807, 2.05) is 0 Å². The third-order valence-electron chi connectivity index (χ3n) is 2.50. The molecule has 0 heterocycles. The second-order valence-corrected chi connectivity index (χ2v) is 3.74. The van der Waals surface area contributed by atoms with Crippen molar-refractivity contribution in [2.24, 2.45) is 0 Å². The molecule has 1 atom stereocenters. The van der Waals surface area contributed by atoms with E-state index >= 15 is 0 Å². The first-order valence-electron chi connectivity index (χ1n) is 4.35. The Morgan fingerprint density at radius 2 is 2.23 bits per heavy atom. The lowest BCUT2D eigenvalue weighted by molar-refractivity contribution is 0.155. The summed E-state index contributed by atoms with van der Waals surface area (Å²) in [7, 11) is 0. The Balaban J connectivity index is 2.56. The van der Waals surface area contributed by atoms with Gasteiger partial charge in [0, 0.05) is 0 Å². The molecule has 0 saturated heterocycles. The molecule has 13 heavy (non-hydrogen) atoms. The zero-order chi connectivity index (χ0) is 9.42. The van der Waals surface area contributed by atoms with Crippen molar-refractivity contribution in [3.8, 4) is 0 Å². The van der Waals surface area contributed by atoms with Crippen LogP contribution in [0.1, 0.15) is 30.1 Å². The van der Waals surface area contributed by atoms with Crippen LogP contribution in [0.3, 0.4) is 0 Å². The molecule has 1 aromatic carbocycles. The van der Waals surface area contributed by atoms with Crippen molar-refractivity contribution in [3.05, 3.63) is 34.1 Å². The summed E-state index contributed by atoms with van der Waals surface area (Å²) in [5.41, 5.74) is 1.29. The van der Waals surface area contributed by atoms with E-state index in [4.69, 9.17) is 11.6 Å². The number of aliphatic hydroxyl groups excluding tert-OH is 1. The third-order valence-corrected chi connectivity index (χ3v) is 2.79. The van der Waals surface area contributed by atoms with E-state index in [0.717, 1.165) is 6.42 Å². The van der Waals surface area contributed by atoms with Gasteiger partial charge in [-0.25, -0.2) is 4.39 Å². The highest BCUT2D eigenvalue weighted by atomic mass is 35.5. The van der Waals surface area contributed by atoms with Crippen LogP contribution in [0.2, 0.25) is 5.02 Å². The molecule has 70 valence electrons. The fourth-order valence-corrected chi connectivity index (χ4v) is 1.98. The van der Waals surface area contributed by atoms with Crippen LogP contribution in [-0.4, -0.2) is 5.11 Å². The molecular weight excluding hydrogens is 191 g/mol. The molecule has 0 aliphatic heterocycles. The highest BCUT2D eigenvalue weighted by Gasteiger charge is 2.21. The van der Waals surface area contributed by atoms with Gasteiger partial charge >= 0.3 is 0 Å². The van der Waals surface area contributed by atoms with Crippen LogP contribution >= 0.6 is 11.6 Å². The fraction of sp³-hybridized carbons (Fsp3) is 0.400. The molecule has 0 fully saturated rings. The molecule has 0 aromatic heterocycles. The first-order valence-corrected chi connectivity index (χ1v) is 4.73. The van der Waals surface area contributed by atoms with Gasteiger partial charge in [-0.2, -0.15) is 0 Å². The van der Waals surface area contributed by atoms with Crippen LogP contribution in [-0.2, 0) is 6.42 Å². The van der Waals surface area contributed by atoms with Crippen molar-refractivity contribution < 1.29 is 9.50 Å². The molecular formula is C10H10ClFO. The lowest BCUT2D eigenvalue weighted by Gasteiger charge is -2.21. The normalized spacial score (nSPS) is 21.3. The van der Waals surface area contributed by atoms with E-state index in [-0.39, 0.29) is 10.8 Å². The van der Waals surface area contributed by atoms with Crippen LogP contribution in [0.5, 0.6) is 0 Å². The topological polar surface area (TPSA) is 20.2 Å². The molecule has 1 aliphatic carbocycles. The maximum atomic E-state index is 13.4. The summed E-state index contributed by atoms with van der Waals surface area (Å²) in [5.74, 6) is -0.363. The number of hydrogen-bond acceptors (Lipinski definition) is 1. The predicted molar refractivity (Wildman–Crippen MR) is 49.3 cm³/mol. The number of rotatable bonds is 0. The standard InChI is InChI=1S/C10H10ClFO/c11-8-5-4-6-7(10(8)12)2-1-3-9(6)13/h4-5,9,13H,1-3H2. The smallest absolute Gasteiger partial charge is 0.145 e. The molecule has 1 aromatic rings. The van der Waals surface area contributed by atoms with Gasteiger partial charge in [-0.15, -0.1) is 0 Å². The lowest BCUT2D eigenvalue weighted by Crippen LogP contribution is -2.11. The quantitative estimate of drug-likeness (QED) is 0.683. The average molecular weight is 201 g/mol. The van der Waals surface area contributed by atoms with Gasteiger partial charge in [0.05, 0.1) is 11.1 Å². The summed E-state index contributed by atoms with van der Waals surface area (Å²) in [4.78, 5) is 0. The van der Waals surface area contributed by atoms with E-state index < -0.39 is 6.10 Å². The highest BCUT2D eigenvalue weighted by Crippen LogP contribution is 2.33. The first kappa shape index (κ1) is 8.97. The number of hydrogen-bond donors (Lipinski definition) is 1. The van der Waals surface area contributed by atoms with Gasteiger partial charge in [0.2, 0.25) is 0 Å². The number of aliphatic hydroxyl groups is 1. The van der Waals surface area contributed by atoms with Crippen LogP contribution in [0.25, 0.3) is 0 Å². The molecule has 1 aliphatic rings. The zero-order valence-corrected chi connectivity index (χ0v) is 7.81. The molecule has 3 heteroatoms. The van der Waals surface area contributed by atoms with E-state index in [9.17, 15) is 9.50 Å². The fourth-order valence-electron chi connectivity index (χ4n) is 1.80. The summed E-state index contributed by atoms with van der Waals surface area (Å²) in [5, 5.41) is 9.71. The van der Waals surface area contributed by atoms with Crippen molar-refractivity contribution in [3.63, 3.8) is 0 Å². The van der Waals surface area contributed by atoms with Gasteiger partial charge in [0.25, 0.3) is 0 Å². The van der Waals surface area contributed by atoms with Crippen molar-refractivity contribution in [2.45, 2.75) is 25.4 Å². The van der Waals surface area contributed by atoms with Crippen LogP contribution in [0, 0.1) is 5.82 Å². The van der Waals surface area contributed by atoms with Crippen molar-refractivity contribution in [1.82, 2.24) is 0 Å². The Kier molecular flexibility index (Phi) is 2.26. The summed E-state index contributed by atoms with van der Waals surface area (Å²) in [6, 6.07) is 3.22. The predicted octanol–water partition coefficient (Wildman–Crippen LogP) is 2.85. The summed E-state index contributed by atoms with van der Waals surface area (Å²) in [6.45, 7) is 0. The number of benzene rings is 1. The third kappa shape index (κ3) is 1.45. The second kappa shape index (κ2) is 3.28. The molecule has 1 nitrogen and oxygen atoms in total. The van der Waals surface area contributed by atoms with Gasteiger partial charge in [0.1, 0.15) is 5.82 Å². The van der Waals surface area contributed by atoms with Gasteiger partial charge in [0.15, 0.2) is 0 Å². The lowest BCUT2D eigenvalue weighted by atomic mass is 9.89. The maximum absolute atomic E-state index is 13.4. The summed E-state index contributed by atoms with van der Waals surface area (Å²) < 4.78 is 13.4. The second-order valence-electron chi connectivity index (χ2n) is 3.34. The van der Waals surface area contributed by atoms with Crippen LogP contribution < -0.4 is 0 Å². The van der Waals surface area contributed by atoms with E-state index in [0.29, 0.717) is 24.0 Å². The van der Waals surface area contributed by atoms with Crippen LogP contribution in [0.15, 0.2) is 12.1 Å². The highest BCUT2D eigenvalue weighted by molar-refractivity contribution is 6.30. The van der Waals surface area contributed by atoms with E-state index in [1.54, 1.807) is 6.07 Å². The SMILES string of the molecule is OC1CCCc2c1ccc(Cl)c2F. The summed E-state index contributed by atoms with van der Waals surface area (Å²) >= 11 is 5.64. The van der Waals surface area contributed by atoms with E-state index in [1.165, 1.54) is 6.07 Å².